The molecule has 1 unspecified atom stereocenters. The van der Waals surface area contributed by atoms with Gasteiger partial charge in [0.1, 0.15) is 0 Å². The molecule has 1 atom stereocenters. The Kier molecular flexibility index (Phi) is 6.93. The fourth-order valence-corrected chi connectivity index (χ4v) is 3.84. The highest BCUT2D eigenvalue weighted by Crippen LogP contribution is 2.42. The van der Waals surface area contributed by atoms with Gasteiger partial charge in [-0.15, -0.1) is 0 Å². The van der Waals surface area contributed by atoms with E-state index in [2.05, 4.69) is 65.0 Å². The molecule has 0 aliphatic rings. The van der Waals surface area contributed by atoms with E-state index < -0.39 is 0 Å². The van der Waals surface area contributed by atoms with Crippen molar-refractivity contribution in [1.82, 2.24) is 0 Å². The van der Waals surface area contributed by atoms with Gasteiger partial charge >= 0.3 is 0 Å². The highest BCUT2D eigenvalue weighted by molar-refractivity contribution is 5.30. The van der Waals surface area contributed by atoms with Gasteiger partial charge < -0.3 is 5.73 Å². The average Bonchev–Trinajstić information content (AvgIpc) is 2.46. The number of hydrogen-bond acceptors (Lipinski definition) is 1. The summed E-state index contributed by atoms with van der Waals surface area (Å²) in [6.07, 6.45) is 7.15. The van der Waals surface area contributed by atoms with Crippen LogP contribution in [0.15, 0.2) is 30.3 Å². The number of nitrogens with two attached hydrogens (primary N) is 1. The van der Waals surface area contributed by atoms with Gasteiger partial charge in [-0.2, -0.15) is 0 Å². The van der Waals surface area contributed by atoms with Gasteiger partial charge in [0.2, 0.25) is 0 Å². The Balaban J connectivity index is 2.87. The molecule has 2 N–H and O–H groups in total. The van der Waals surface area contributed by atoms with Crippen molar-refractivity contribution in [2.45, 2.75) is 84.1 Å². The van der Waals surface area contributed by atoms with Gasteiger partial charge in [-0.1, -0.05) is 77.3 Å². The van der Waals surface area contributed by atoms with Crippen LogP contribution in [0.4, 0.5) is 0 Å². The van der Waals surface area contributed by atoms with E-state index in [1.54, 1.807) is 0 Å². The first-order valence-corrected chi connectivity index (χ1v) is 8.74. The van der Waals surface area contributed by atoms with Crippen molar-refractivity contribution >= 4 is 0 Å². The Morgan fingerprint density at radius 1 is 1.00 bits per heavy atom. The third kappa shape index (κ3) is 4.32. The predicted molar refractivity (Wildman–Crippen MR) is 94.6 cm³/mol. The van der Waals surface area contributed by atoms with E-state index in [4.69, 9.17) is 5.73 Å². The zero-order valence-corrected chi connectivity index (χ0v) is 14.8. The molecule has 0 spiro atoms. The summed E-state index contributed by atoms with van der Waals surface area (Å²) in [6.45, 7) is 11.4. The maximum atomic E-state index is 6.87. The van der Waals surface area contributed by atoms with Crippen LogP contribution in [-0.4, -0.2) is 5.54 Å². The molecular weight excluding hydrogens is 254 g/mol. The maximum Gasteiger partial charge on any atom is 0.0223 e. The Hall–Kier alpha value is -0.820. The van der Waals surface area contributed by atoms with Crippen LogP contribution in [0.3, 0.4) is 0 Å². The first-order valence-electron chi connectivity index (χ1n) is 8.74. The molecule has 1 heteroatoms. The fraction of sp³-hybridized carbons (Fsp3) is 0.700. The Morgan fingerprint density at radius 2 is 1.57 bits per heavy atom. The average molecular weight is 290 g/mol. The summed E-state index contributed by atoms with van der Waals surface area (Å²) in [6, 6.07) is 10.9. The monoisotopic (exact) mass is 289 g/mol. The molecule has 0 saturated heterocycles. The highest BCUT2D eigenvalue weighted by Gasteiger charge is 2.43. The van der Waals surface area contributed by atoms with Crippen molar-refractivity contribution in [3.63, 3.8) is 0 Å². The molecular formula is C20H35N. The standard InChI is InChI=1S/C20H35N/c1-6-20(7-2,18-14-9-8-10-15-18)19(5,21)16-12-11-13-17(3)4/h8-10,14-15,17H,6-7,11-13,16,21H2,1-5H3. The molecule has 0 radical (unpaired) electrons. The van der Waals surface area contributed by atoms with E-state index in [0.29, 0.717) is 0 Å². The Labute approximate surface area is 132 Å². The van der Waals surface area contributed by atoms with Crippen LogP contribution in [0.5, 0.6) is 0 Å². The minimum atomic E-state index is -0.144. The minimum absolute atomic E-state index is 0.0894. The quantitative estimate of drug-likeness (QED) is 0.582. The van der Waals surface area contributed by atoms with Crippen LogP contribution < -0.4 is 5.73 Å². The molecule has 0 aromatic heterocycles. The second-order valence-electron chi connectivity index (χ2n) is 7.21. The molecule has 21 heavy (non-hydrogen) atoms. The van der Waals surface area contributed by atoms with E-state index >= 15 is 0 Å². The van der Waals surface area contributed by atoms with Crippen molar-refractivity contribution in [3.8, 4) is 0 Å². The van der Waals surface area contributed by atoms with Gasteiger partial charge in [-0.05, 0) is 37.7 Å². The maximum absolute atomic E-state index is 6.87. The summed E-state index contributed by atoms with van der Waals surface area (Å²) in [4.78, 5) is 0. The van der Waals surface area contributed by atoms with Crippen LogP contribution in [0.1, 0.15) is 78.7 Å². The summed E-state index contributed by atoms with van der Waals surface area (Å²) < 4.78 is 0. The molecule has 1 aromatic carbocycles. The molecule has 1 rings (SSSR count). The molecule has 0 bridgehead atoms. The van der Waals surface area contributed by atoms with Gasteiger partial charge in [0.05, 0.1) is 0 Å². The molecule has 1 nitrogen and oxygen atoms in total. The molecule has 0 amide bonds. The van der Waals surface area contributed by atoms with Gasteiger partial charge in [0.25, 0.3) is 0 Å². The van der Waals surface area contributed by atoms with Gasteiger partial charge in [0.15, 0.2) is 0 Å². The van der Waals surface area contributed by atoms with E-state index in [9.17, 15) is 0 Å². The molecule has 1 aromatic rings. The molecule has 0 heterocycles. The topological polar surface area (TPSA) is 26.0 Å². The highest BCUT2D eigenvalue weighted by atomic mass is 14.8. The second-order valence-corrected chi connectivity index (χ2v) is 7.21. The van der Waals surface area contributed by atoms with E-state index in [0.717, 1.165) is 25.2 Å². The molecule has 0 aliphatic carbocycles. The largest absolute Gasteiger partial charge is 0.325 e. The first-order chi connectivity index (χ1) is 9.89. The SMILES string of the molecule is CCC(CC)(c1ccccc1)C(C)(N)CCCCC(C)C. The van der Waals surface area contributed by atoms with Crippen LogP contribution >= 0.6 is 0 Å². The van der Waals surface area contributed by atoms with Crippen LogP contribution in [0.25, 0.3) is 0 Å². The van der Waals surface area contributed by atoms with Crippen molar-refractivity contribution in [3.05, 3.63) is 35.9 Å². The van der Waals surface area contributed by atoms with Crippen molar-refractivity contribution in [2.24, 2.45) is 11.7 Å². The Bertz CT molecular complexity index is 388. The summed E-state index contributed by atoms with van der Waals surface area (Å²) in [5.41, 5.74) is 8.22. The summed E-state index contributed by atoms with van der Waals surface area (Å²) in [7, 11) is 0. The summed E-state index contributed by atoms with van der Waals surface area (Å²) in [5, 5.41) is 0. The molecule has 0 saturated carbocycles. The second kappa shape index (κ2) is 7.98. The lowest BCUT2D eigenvalue weighted by atomic mass is 9.61. The van der Waals surface area contributed by atoms with Crippen molar-refractivity contribution in [2.75, 3.05) is 0 Å². The third-order valence-electron chi connectivity index (χ3n) is 5.35. The molecule has 120 valence electrons. The van der Waals surface area contributed by atoms with Gasteiger partial charge in [-0.3, -0.25) is 0 Å². The van der Waals surface area contributed by atoms with E-state index in [1.807, 2.05) is 0 Å². The van der Waals surface area contributed by atoms with E-state index in [1.165, 1.54) is 24.8 Å². The summed E-state index contributed by atoms with van der Waals surface area (Å²) >= 11 is 0. The molecule has 0 fully saturated rings. The van der Waals surface area contributed by atoms with Crippen LogP contribution in [-0.2, 0) is 5.41 Å². The van der Waals surface area contributed by atoms with Crippen molar-refractivity contribution in [1.29, 1.82) is 0 Å². The Morgan fingerprint density at radius 3 is 2.05 bits per heavy atom. The lowest BCUT2D eigenvalue weighted by Crippen LogP contribution is -2.55. The van der Waals surface area contributed by atoms with Crippen LogP contribution in [0.2, 0.25) is 0 Å². The predicted octanol–water partition coefficient (Wildman–Crippen LogP) is 5.68. The smallest absolute Gasteiger partial charge is 0.0223 e. The summed E-state index contributed by atoms with van der Waals surface area (Å²) in [5.74, 6) is 0.797. The number of hydrogen-bond donors (Lipinski definition) is 1. The van der Waals surface area contributed by atoms with E-state index in [-0.39, 0.29) is 11.0 Å². The van der Waals surface area contributed by atoms with Crippen LogP contribution in [0, 0.1) is 5.92 Å². The lowest BCUT2D eigenvalue weighted by molar-refractivity contribution is 0.197. The normalized spacial score (nSPS) is 15.2. The molecule has 0 aliphatic heterocycles. The number of unbranched alkanes of at least 4 members (excludes halogenated alkanes) is 1. The third-order valence-corrected chi connectivity index (χ3v) is 5.35. The van der Waals surface area contributed by atoms with Crippen molar-refractivity contribution < 1.29 is 0 Å². The van der Waals surface area contributed by atoms with Gasteiger partial charge in [-0.25, -0.2) is 0 Å². The lowest BCUT2D eigenvalue weighted by Gasteiger charge is -2.47. The number of rotatable bonds is 9. The minimum Gasteiger partial charge on any atom is -0.325 e. The van der Waals surface area contributed by atoms with Gasteiger partial charge in [0, 0.05) is 11.0 Å². The fourth-order valence-electron chi connectivity index (χ4n) is 3.84. The zero-order valence-electron chi connectivity index (χ0n) is 14.8. The first kappa shape index (κ1) is 18.2. The zero-order chi connectivity index (χ0) is 15.9. The number of benzene rings is 1.